The van der Waals surface area contributed by atoms with E-state index in [1.165, 1.54) is 43.4 Å². The van der Waals surface area contributed by atoms with Gasteiger partial charge in [0.1, 0.15) is 0 Å². The summed E-state index contributed by atoms with van der Waals surface area (Å²) in [5, 5.41) is 17.3. The Labute approximate surface area is 122 Å². The molecule has 0 bridgehead atoms. The van der Waals surface area contributed by atoms with Gasteiger partial charge in [0.05, 0.1) is 18.8 Å². The van der Waals surface area contributed by atoms with E-state index in [1.807, 2.05) is 4.68 Å². The van der Waals surface area contributed by atoms with Crippen molar-refractivity contribution in [3.63, 3.8) is 0 Å². The molecule has 4 heteroatoms. The number of hydrogen-bond acceptors (Lipinski definition) is 3. The quantitative estimate of drug-likeness (QED) is 0.841. The summed E-state index contributed by atoms with van der Waals surface area (Å²) in [6.45, 7) is 8.12. The standard InChI is InChI=1S/C16H29N3O/c1-4-14-6-5-7-15(10-14)17-11-16-12(2)18-19(8-9-20)13(16)3/h14-15,17,20H,4-11H2,1-3H3. The largest absolute Gasteiger partial charge is 0.394 e. The number of aliphatic hydroxyl groups excluding tert-OH is 1. The van der Waals surface area contributed by atoms with Crippen LogP contribution in [0.15, 0.2) is 0 Å². The molecular formula is C16H29N3O. The summed E-state index contributed by atoms with van der Waals surface area (Å²) >= 11 is 0. The Hall–Kier alpha value is -0.870. The molecule has 1 fully saturated rings. The van der Waals surface area contributed by atoms with Crippen LogP contribution in [0.5, 0.6) is 0 Å². The Kier molecular flexibility index (Phi) is 5.61. The maximum Gasteiger partial charge on any atom is 0.0644 e. The van der Waals surface area contributed by atoms with Gasteiger partial charge in [-0.2, -0.15) is 5.10 Å². The van der Waals surface area contributed by atoms with Crippen LogP contribution in [0.25, 0.3) is 0 Å². The summed E-state index contributed by atoms with van der Waals surface area (Å²) in [7, 11) is 0. The third-order valence-electron chi connectivity index (χ3n) is 4.77. The van der Waals surface area contributed by atoms with Crippen molar-refractivity contribution in [1.82, 2.24) is 15.1 Å². The first kappa shape index (κ1) is 15.5. The number of aromatic nitrogens is 2. The molecule has 1 aromatic rings. The van der Waals surface area contributed by atoms with E-state index in [9.17, 15) is 0 Å². The van der Waals surface area contributed by atoms with Gasteiger partial charge < -0.3 is 10.4 Å². The molecule has 1 saturated carbocycles. The molecule has 20 heavy (non-hydrogen) atoms. The molecule has 0 aliphatic heterocycles. The van der Waals surface area contributed by atoms with Gasteiger partial charge in [0.25, 0.3) is 0 Å². The predicted molar refractivity (Wildman–Crippen MR) is 81.7 cm³/mol. The fourth-order valence-electron chi connectivity index (χ4n) is 3.40. The molecule has 2 atom stereocenters. The van der Waals surface area contributed by atoms with Gasteiger partial charge in [0.15, 0.2) is 0 Å². The number of hydrogen-bond donors (Lipinski definition) is 2. The molecule has 2 unspecified atom stereocenters. The third kappa shape index (κ3) is 3.61. The van der Waals surface area contributed by atoms with Crippen LogP contribution in [-0.4, -0.2) is 27.5 Å². The minimum atomic E-state index is 0.148. The molecule has 2 rings (SSSR count). The van der Waals surface area contributed by atoms with E-state index in [4.69, 9.17) is 5.11 Å². The fraction of sp³-hybridized carbons (Fsp3) is 0.812. The third-order valence-corrected chi connectivity index (χ3v) is 4.77. The summed E-state index contributed by atoms with van der Waals surface area (Å²) < 4.78 is 1.92. The summed E-state index contributed by atoms with van der Waals surface area (Å²) in [5.74, 6) is 0.903. The van der Waals surface area contributed by atoms with Gasteiger partial charge in [-0.1, -0.05) is 26.2 Å². The van der Waals surface area contributed by atoms with Gasteiger partial charge in [0, 0.05) is 23.8 Å². The lowest BCUT2D eigenvalue weighted by Gasteiger charge is -2.29. The van der Waals surface area contributed by atoms with Crippen LogP contribution in [0.1, 0.15) is 56.0 Å². The van der Waals surface area contributed by atoms with Crippen molar-refractivity contribution in [2.75, 3.05) is 6.61 Å². The van der Waals surface area contributed by atoms with Crippen LogP contribution < -0.4 is 5.32 Å². The van der Waals surface area contributed by atoms with E-state index in [0.29, 0.717) is 12.6 Å². The zero-order valence-corrected chi connectivity index (χ0v) is 13.2. The predicted octanol–water partition coefficient (Wildman–Crippen LogP) is 2.55. The molecule has 1 heterocycles. The lowest BCUT2D eigenvalue weighted by atomic mass is 9.84. The van der Waals surface area contributed by atoms with Crippen LogP contribution in [0.4, 0.5) is 0 Å². The smallest absolute Gasteiger partial charge is 0.0644 e. The minimum Gasteiger partial charge on any atom is -0.394 e. The van der Waals surface area contributed by atoms with E-state index in [-0.39, 0.29) is 6.61 Å². The van der Waals surface area contributed by atoms with Crippen molar-refractivity contribution in [3.8, 4) is 0 Å². The molecule has 4 nitrogen and oxygen atoms in total. The average Bonchev–Trinajstić information content (AvgIpc) is 2.72. The van der Waals surface area contributed by atoms with Crippen molar-refractivity contribution in [2.45, 2.75) is 72.0 Å². The van der Waals surface area contributed by atoms with E-state index in [1.54, 1.807) is 0 Å². The lowest BCUT2D eigenvalue weighted by Crippen LogP contribution is -2.33. The first-order chi connectivity index (χ1) is 9.65. The maximum atomic E-state index is 9.06. The highest BCUT2D eigenvalue weighted by Crippen LogP contribution is 2.27. The normalized spacial score (nSPS) is 23.2. The summed E-state index contributed by atoms with van der Waals surface area (Å²) in [5.41, 5.74) is 3.58. The molecule has 2 N–H and O–H groups in total. The summed E-state index contributed by atoms with van der Waals surface area (Å²) in [6.07, 6.45) is 6.70. The van der Waals surface area contributed by atoms with E-state index in [2.05, 4.69) is 31.2 Å². The summed E-state index contributed by atoms with van der Waals surface area (Å²) in [6, 6.07) is 0.661. The van der Waals surface area contributed by atoms with Crippen molar-refractivity contribution in [2.24, 2.45) is 5.92 Å². The monoisotopic (exact) mass is 279 g/mol. The van der Waals surface area contributed by atoms with Crippen LogP contribution in [0, 0.1) is 19.8 Å². The van der Waals surface area contributed by atoms with Gasteiger partial charge in [-0.15, -0.1) is 0 Å². The number of nitrogens with zero attached hydrogens (tertiary/aromatic N) is 2. The second-order valence-electron chi connectivity index (χ2n) is 6.11. The van der Waals surface area contributed by atoms with Gasteiger partial charge in [-0.3, -0.25) is 4.68 Å². The molecule has 0 saturated heterocycles. The van der Waals surface area contributed by atoms with Crippen molar-refractivity contribution in [1.29, 1.82) is 0 Å². The molecule has 0 aromatic carbocycles. The second kappa shape index (κ2) is 7.23. The van der Waals surface area contributed by atoms with Gasteiger partial charge >= 0.3 is 0 Å². The first-order valence-corrected chi connectivity index (χ1v) is 8.02. The zero-order chi connectivity index (χ0) is 14.5. The van der Waals surface area contributed by atoms with Crippen LogP contribution in [0.3, 0.4) is 0 Å². The second-order valence-corrected chi connectivity index (χ2v) is 6.11. The number of nitrogens with one attached hydrogen (secondary N) is 1. The molecule has 0 radical (unpaired) electrons. The number of aliphatic hydroxyl groups is 1. The summed E-state index contributed by atoms with van der Waals surface area (Å²) in [4.78, 5) is 0. The topological polar surface area (TPSA) is 50.1 Å². The van der Waals surface area contributed by atoms with Crippen molar-refractivity contribution < 1.29 is 5.11 Å². The maximum absolute atomic E-state index is 9.06. The van der Waals surface area contributed by atoms with Crippen LogP contribution >= 0.6 is 0 Å². The van der Waals surface area contributed by atoms with E-state index in [0.717, 1.165) is 18.2 Å². The molecular weight excluding hydrogens is 250 g/mol. The molecule has 1 aliphatic carbocycles. The lowest BCUT2D eigenvalue weighted by molar-refractivity contribution is 0.267. The fourth-order valence-corrected chi connectivity index (χ4v) is 3.40. The zero-order valence-electron chi connectivity index (χ0n) is 13.2. The van der Waals surface area contributed by atoms with Crippen molar-refractivity contribution >= 4 is 0 Å². The van der Waals surface area contributed by atoms with Gasteiger partial charge in [-0.25, -0.2) is 0 Å². The first-order valence-electron chi connectivity index (χ1n) is 8.02. The highest BCUT2D eigenvalue weighted by Gasteiger charge is 2.21. The SMILES string of the molecule is CCC1CCCC(NCc2c(C)nn(CCO)c2C)C1. The average molecular weight is 279 g/mol. The Morgan fingerprint density at radius 3 is 2.85 bits per heavy atom. The van der Waals surface area contributed by atoms with Gasteiger partial charge in [-0.05, 0) is 32.6 Å². The molecule has 1 aliphatic rings. The van der Waals surface area contributed by atoms with Crippen LogP contribution in [0.2, 0.25) is 0 Å². The van der Waals surface area contributed by atoms with Crippen molar-refractivity contribution in [3.05, 3.63) is 17.0 Å². The van der Waals surface area contributed by atoms with E-state index < -0.39 is 0 Å². The Morgan fingerprint density at radius 1 is 1.35 bits per heavy atom. The number of rotatable bonds is 6. The Morgan fingerprint density at radius 2 is 2.15 bits per heavy atom. The molecule has 0 amide bonds. The van der Waals surface area contributed by atoms with Crippen LogP contribution in [-0.2, 0) is 13.1 Å². The Bertz CT molecular complexity index is 428. The molecule has 0 spiro atoms. The molecule has 114 valence electrons. The number of aryl methyl sites for hydroxylation is 1. The Balaban J connectivity index is 1.93. The molecule has 1 aromatic heterocycles. The highest BCUT2D eigenvalue weighted by molar-refractivity contribution is 5.24. The highest BCUT2D eigenvalue weighted by atomic mass is 16.3. The van der Waals surface area contributed by atoms with Gasteiger partial charge in [0.2, 0.25) is 0 Å². The minimum absolute atomic E-state index is 0.148. The van der Waals surface area contributed by atoms with E-state index >= 15 is 0 Å².